The summed E-state index contributed by atoms with van der Waals surface area (Å²) < 4.78 is 45.3. The van der Waals surface area contributed by atoms with Crippen LogP contribution in [0.25, 0.3) is 27.5 Å². The minimum absolute atomic E-state index is 0.0706. The van der Waals surface area contributed by atoms with Gasteiger partial charge in [-0.3, -0.25) is 28.1 Å². The first kappa shape index (κ1) is 40.9. The van der Waals surface area contributed by atoms with Gasteiger partial charge >= 0.3 is 11.4 Å². The number of imidazole rings is 1. The summed E-state index contributed by atoms with van der Waals surface area (Å²) in [6.45, 7) is 4.05. The van der Waals surface area contributed by atoms with Crippen molar-refractivity contribution < 1.29 is 22.8 Å². The fourth-order valence-electron chi connectivity index (χ4n) is 9.28. The molecule has 15 nitrogen and oxygen atoms in total. The Bertz CT molecular complexity index is 3170. The van der Waals surface area contributed by atoms with E-state index in [4.69, 9.17) is 15.5 Å². The van der Waals surface area contributed by atoms with E-state index in [1.54, 1.807) is 29.2 Å². The maximum absolute atomic E-state index is 16.1. The van der Waals surface area contributed by atoms with Crippen LogP contribution in [0.4, 0.5) is 14.5 Å². The molecule has 6 heterocycles. The lowest BCUT2D eigenvalue weighted by molar-refractivity contribution is 0.0761. The summed E-state index contributed by atoms with van der Waals surface area (Å²) in [5, 5.41) is 9.29. The number of ether oxygens (including phenoxy) is 1. The monoisotopic (exact) mass is 882 g/mol. The lowest BCUT2D eigenvalue weighted by atomic mass is 9.91. The van der Waals surface area contributed by atoms with Crippen molar-refractivity contribution in [1.82, 2.24) is 38.9 Å². The number of aromatic nitrogens is 7. The summed E-state index contributed by atoms with van der Waals surface area (Å²) >= 11 is 0. The van der Waals surface area contributed by atoms with Crippen molar-refractivity contribution in [2.75, 3.05) is 26.3 Å². The van der Waals surface area contributed by atoms with Gasteiger partial charge in [0.05, 0.1) is 41.1 Å². The zero-order chi connectivity index (χ0) is 44.5. The van der Waals surface area contributed by atoms with E-state index < -0.39 is 17.3 Å². The average Bonchev–Trinajstić information content (AvgIpc) is 4.29. The maximum atomic E-state index is 16.1. The molecule has 2 atom stereocenters. The SMILES string of the molecule is CC1CC1c1noc(=O)[nH]1.NC1=C(C(=Nc2ccc(F)c(C3CC3)c2)n2ccn(-c3ccc4c(cnn4C4CC4)c3F)c2=O)CN(C(=O)c2cc3cc(C4CCOCC4)ccc3[nH]2)CC1. The van der Waals surface area contributed by atoms with E-state index in [2.05, 4.69) is 43.8 Å². The van der Waals surface area contributed by atoms with E-state index in [1.165, 1.54) is 39.4 Å². The number of rotatable bonds is 8. The number of amides is 1. The first-order valence-corrected chi connectivity index (χ1v) is 22.5. The molecule has 65 heavy (non-hydrogen) atoms. The molecule has 334 valence electrons. The first-order chi connectivity index (χ1) is 31.6. The van der Waals surface area contributed by atoms with Crippen LogP contribution in [0.5, 0.6) is 0 Å². The van der Waals surface area contributed by atoms with Crippen molar-refractivity contribution in [3.05, 3.63) is 140 Å². The predicted octanol–water partition coefficient (Wildman–Crippen LogP) is 7.68. The number of nitrogens with two attached hydrogens (primary N) is 1. The number of hydrogen-bond donors (Lipinski definition) is 3. The Morgan fingerprint density at radius 3 is 2.49 bits per heavy atom. The van der Waals surface area contributed by atoms with Crippen molar-refractivity contribution in [2.24, 2.45) is 16.6 Å². The number of benzene rings is 3. The molecule has 3 saturated carbocycles. The largest absolute Gasteiger partial charge is 0.438 e. The molecule has 17 heteroatoms. The van der Waals surface area contributed by atoms with Gasteiger partial charge in [-0.05, 0) is 122 Å². The lowest BCUT2D eigenvalue weighted by Gasteiger charge is -2.30. The van der Waals surface area contributed by atoms with Crippen molar-refractivity contribution >= 4 is 39.2 Å². The van der Waals surface area contributed by atoms with Crippen LogP contribution in [0.3, 0.4) is 0 Å². The minimum Gasteiger partial charge on any atom is -0.402 e. The predicted molar refractivity (Wildman–Crippen MR) is 239 cm³/mol. The van der Waals surface area contributed by atoms with Crippen LogP contribution in [0.15, 0.2) is 104 Å². The summed E-state index contributed by atoms with van der Waals surface area (Å²) in [5.41, 5.74) is 11.4. The number of nitrogens with one attached hydrogen (secondary N) is 2. The van der Waals surface area contributed by atoms with Gasteiger partial charge < -0.3 is 20.4 Å². The molecular weight excluding hydrogens is 835 g/mol. The Morgan fingerprint density at radius 1 is 0.938 bits per heavy atom. The second-order valence-electron chi connectivity index (χ2n) is 18.1. The maximum Gasteiger partial charge on any atom is 0.438 e. The van der Waals surface area contributed by atoms with Gasteiger partial charge in [0.15, 0.2) is 11.6 Å². The van der Waals surface area contributed by atoms with Crippen LogP contribution in [0, 0.1) is 17.6 Å². The van der Waals surface area contributed by atoms with E-state index in [0.29, 0.717) is 75.7 Å². The van der Waals surface area contributed by atoms with Crippen LogP contribution in [-0.4, -0.2) is 77.0 Å². The van der Waals surface area contributed by atoms with Gasteiger partial charge in [0.25, 0.3) is 5.91 Å². The molecule has 3 aromatic carbocycles. The molecule has 1 saturated heterocycles. The van der Waals surface area contributed by atoms with E-state index >= 15 is 4.39 Å². The van der Waals surface area contributed by atoms with Gasteiger partial charge in [0.1, 0.15) is 17.3 Å². The van der Waals surface area contributed by atoms with Gasteiger partial charge in [0.2, 0.25) is 0 Å². The number of halogens is 2. The van der Waals surface area contributed by atoms with Crippen molar-refractivity contribution in [2.45, 2.75) is 82.1 Å². The molecule has 12 rings (SSSR count). The molecule has 7 aromatic rings. The minimum atomic E-state index is -0.573. The molecule has 5 aliphatic rings. The normalized spacial score (nSPS) is 20.4. The molecule has 0 spiro atoms. The van der Waals surface area contributed by atoms with E-state index in [1.807, 2.05) is 16.8 Å². The first-order valence-electron chi connectivity index (χ1n) is 22.5. The molecule has 4 aromatic heterocycles. The molecule has 2 unspecified atom stereocenters. The lowest BCUT2D eigenvalue weighted by Crippen LogP contribution is -2.42. The Balaban J connectivity index is 0.000000412. The Hall–Kier alpha value is -6.88. The fourth-order valence-corrected chi connectivity index (χ4v) is 9.28. The quantitative estimate of drug-likeness (QED) is 0.102. The van der Waals surface area contributed by atoms with Crippen LogP contribution < -0.4 is 17.2 Å². The van der Waals surface area contributed by atoms with E-state index in [0.717, 1.165) is 69.1 Å². The number of fused-ring (bicyclic) bond motifs is 2. The molecule has 4 N–H and O–H groups in total. The Kier molecular flexibility index (Phi) is 10.2. The third kappa shape index (κ3) is 7.91. The van der Waals surface area contributed by atoms with Gasteiger partial charge in [-0.1, -0.05) is 18.1 Å². The summed E-state index contributed by atoms with van der Waals surface area (Å²) in [5.74, 6) is 1.02. The van der Waals surface area contributed by atoms with Gasteiger partial charge in [-0.15, -0.1) is 0 Å². The third-order valence-corrected chi connectivity index (χ3v) is 13.5. The third-order valence-electron chi connectivity index (χ3n) is 13.5. The summed E-state index contributed by atoms with van der Waals surface area (Å²) in [4.78, 5) is 51.4. The summed E-state index contributed by atoms with van der Waals surface area (Å²) in [7, 11) is 0. The molecule has 4 fully saturated rings. The topological polar surface area (TPSA) is 187 Å². The van der Waals surface area contributed by atoms with E-state index in [-0.39, 0.29) is 41.8 Å². The van der Waals surface area contributed by atoms with Crippen molar-refractivity contribution in [3.63, 3.8) is 0 Å². The van der Waals surface area contributed by atoms with Crippen molar-refractivity contribution in [1.29, 1.82) is 0 Å². The molecule has 1 amide bonds. The smallest absolute Gasteiger partial charge is 0.402 e. The Labute approximate surface area is 370 Å². The zero-order valence-corrected chi connectivity index (χ0v) is 35.8. The average molecular weight is 883 g/mol. The number of aromatic amines is 2. The van der Waals surface area contributed by atoms with Crippen LogP contribution >= 0.6 is 0 Å². The number of carbonyl (C=O) groups excluding carboxylic acids is 1. The number of carbonyl (C=O) groups is 1. The fraction of sp³-hybridized carbons (Fsp3) is 0.375. The van der Waals surface area contributed by atoms with Crippen molar-refractivity contribution in [3.8, 4) is 5.69 Å². The Morgan fingerprint density at radius 2 is 1.75 bits per heavy atom. The van der Waals surface area contributed by atoms with Crippen LogP contribution in [0.1, 0.15) is 110 Å². The molecule has 2 aliphatic heterocycles. The van der Waals surface area contributed by atoms with Gasteiger partial charge in [0, 0.05) is 66.7 Å². The van der Waals surface area contributed by atoms with Gasteiger partial charge in [-0.2, -0.15) is 5.10 Å². The molecule has 0 bridgehead atoms. The second-order valence-corrected chi connectivity index (χ2v) is 18.1. The number of nitrogens with zero attached hydrogens (tertiary/aromatic N) is 7. The zero-order valence-electron chi connectivity index (χ0n) is 35.8. The standard InChI is InChI=1S/C42H40F2N8O3.C6H8N2O2/c43-33-7-4-28(21-30(33)25-1-2-25)47-40(51-16-15-50(42(51)54)38-10-9-37-31(39(38)44)22-46-52(37)29-5-6-29)32-23-49(14-11-34(32)45)41(53)36-20-27-19-26(3-8-35(27)48-36)24-12-17-55-18-13-24;1-3-2-4(3)5-7-6(9)10-8-5/h3-4,7-10,15-16,19-22,24-25,29,48H,1-2,5-6,11-14,17-18,23,45H2;3-4H,2H2,1H3,(H,7,8,9). The number of hydrogen-bond acceptors (Lipinski definition) is 9. The molecular formula is C48H48F2N10O5. The highest BCUT2D eigenvalue weighted by Crippen LogP contribution is 2.45. The van der Waals surface area contributed by atoms with Crippen LogP contribution in [-0.2, 0) is 4.74 Å². The second kappa shape index (κ2) is 16.3. The highest BCUT2D eigenvalue weighted by molar-refractivity contribution is 6.04. The summed E-state index contributed by atoms with van der Waals surface area (Å²) in [6.07, 6.45) is 11.7. The summed E-state index contributed by atoms with van der Waals surface area (Å²) in [6, 6.07) is 16.5. The molecule has 3 aliphatic carbocycles. The van der Waals surface area contributed by atoms with E-state index in [9.17, 15) is 18.8 Å². The molecule has 0 radical (unpaired) electrons. The highest BCUT2D eigenvalue weighted by Gasteiger charge is 2.37. The number of H-pyrrole nitrogens is 2. The van der Waals surface area contributed by atoms with Crippen LogP contribution in [0.2, 0.25) is 0 Å². The van der Waals surface area contributed by atoms with Gasteiger partial charge in [-0.25, -0.2) is 23.4 Å². The highest BCUT2D eigenvalue weighted by atomic mass is 19.1. The number of aliphatic imine (C=N–C) groups is 1.